The summed E-state index contributed by atoms with van der Waals surface area (Å²) in [6, 6.07) is 9.70. The van der Waals surface area contributed by atoms with Gasteiger partial charge in [0.2, 0.25) is 0 Å². The van der Waals surface area contributed by atoms with Crippen molar-refractivity contribution in [2.75, 3.05) is 4.72 Å². The molecule has 1 aliphatic rings. The lowest BCUT2D eigenvalue weighted by Crippen LogP contribution is -2.26. The molecule has 1 aromatic carbocycles. The van der Waals surface area contributed by atoms with Gasteiger partial charge in [-0.05, 0) is 5.56 Å². The van der Waals surface area contributed by atoms with Crippen LogP contribution in [0, 0.1) is 0 Å². The topological polar surface area (TPSA) is 113 Å². The Morgan fingerprint density at radius 3 is 2.68 bits per heavy atom. The summed E-state index contributed by atoms with van der Waals surface area (Å²) in [6.45, 7) is 0. The van der Waals surface area contributed by atoms with E-state index in [1.807, 2.05) is 30.3 Å². The van der Waals surface area contributed by atoms with Gasteiger partial charge >= 0.3 is 10.2 Å². The van der Waals surface area contributed by atoms with Crippen LogP contribution in [0.1, 0.15) is 17.1 Å². The molecule has 0 unspecified atom stereocenters. The third kappa shape index (κ3) is 2.29. The number of benzene rings is 1. The fourth-order valence-electron chi connectivity index (χ4n) is 1.87. The molecule has 0 fully saturated rings. The molecular formula is C11H11N5O2S. The van der Waals surface area contributed by atoms with E-state index in [9.17, 15) is 8.42 Å². The molecule has 0 aliphatic carbocycles. The minimum atomic E-state index is -3.77. The van der Waals surface area contributed by atoms with Crippen LogP contribution in [0.5, 0.6) is 0 Å². The summed E-state index contributed by atoms with van der Waals surface area (Å²) in [7, 11) is -3.77. The first kappa shape index (κ1) is 11.7. The van der Waals surface area contributed by atoms with Crippen LogP contribution in [0.2, 0.25) is 0 Å². The average molecular weight is 277 g/mol. The van der Waals surface area contributed by atoms with Crippen molar-refractivity contribution in [2.45, 2.75) is 6.42 Å². The van der Waals surface area contributed by atoms with E-state index in [1.54, 1.807) is 0 Å². The highest BCUT2D eigenvalue weighted by Gasteiger charge is 2.24. The lowest BCUT2D eigenvalue weighted by molar-refractivity contribution is 0.602. The Bertz CT molecular complexity index is 749. The SMILES string of the molecule is NC1=NS(=O)(=O)Nc2nc(Cc3ccccc3)[nH]c21. The molecule has 0 amide bonds. The molecular weight excluding hydrogens is 266 g/mol. The van der Waals surface area contributed by atoms with Crippen molar-refractivity contribution in [3.05, 3.63) is 47.4 Å². The van der Waals surface area contributed by atoms with Crippen LogP contribution in [-0.4, -0.2) is 24.2 Å². The second kappa shape index (κ2) is 4.09. The van der Waals surface area contributed by atoms with Gasteiger partial charge in [-0.15, -0.1) is 4.40 Å². The first-order valence-electron chi connectivity index (χ1n) is 5.55. The highest BCUT2D eigenvalue weighted by Crippen LogP contribution is 2.20. The van der Waals surface area contributed by atoms with Crippen molar-refractivity contribution in [3.63, 3.8) is 0 Å². The van der Waals surface area contributed by atoms with Crippen LogP contribution in [0.4, 0.5) is 5.82 Å². The predicted octanol–water partition coefficient (Wildman–Crippen LogP) is 0.376. The van der Waals surface area contributed by atoms with E-state index in [0.29, 0.717) is 17.9 Å². The number of hydrogen-bond acceptors (Lipinski definition) is 4. The first-order valence-corrected chi connectivity index (χ1v) is 6.99. The van der Waals surface area contributed by atoms with Gasteiger partial charge in [0.05, 0.1) is 0 Å². The van der Waals surface area contributed by atoms with Crippen molar-refractivity contribution in [2.24, 2.45) is 10.1 Å². The van der Waals surface area contributed by atoms with Gasteiger partial charge in [-0.3, -0.25) is 0 Å². The van der Waals surface area contributed by atoms with Gasteiger partial charge in [-0.25, -0.2) is 9.71 Å². The zero-order valence-electron chi connectivity index (χ0n) is 9.79. The second-order valence-electron chi connectivity index (χ2n) is 4.12. The van der Waals surface area contributed by atoms with E-state index < -0.39 is 10.2 Å². The predicted molar refractivity (Wildman–Crippen MR) is 71.1 cm³/mol. The molecule has 0 saturated carbocycles. The highest BCUT2D eigenvalue weighted by atomic mass is 32.2. The summed E-state index contributed by atoms with van der Waals surface area (Å²) in [5, 5.41) is 0. The molecule has 0 atom stereocenters. The van der Waals surface area contributed by atoms with Gasteiger partial charge in [0.15, 0.2) is 11.7 Å². The maximum absolute atomic E-state index is 11.4. The Kier molecular flexibility index (Phi) is 2.53. The number of nitrogens with zero attached hydrogens (tertiary/aromatic N) is 2. The number of fused-ring (bicyclic) bond motifs is 1. The number of nitrogens with one attached hydrogen (secondary N) is 2. The molecule has 98 valence electrons. The van der Waals surface area contributed by atoms with Gasteiger partial charge in [0.25, 0.3) is 0 Å². The van der Waals surface area contributed by atoms with Crippen LogP contribution in [0.3, 0.4) is 0 Å². The Balaban J connectivity index is 1.95. The van der Waals surface area contributed by atoms with Crippen molar-refractivity contribution >= 4 is 21.9 Å². The smallest absolute Gasteiger partial charge is 0.345 e. The van der Waals surface area contributed by atoms with Crippen LogP contribution < -0.4 is 10.5 Å². The maximum Gasteiger partial charge on any atom is 0.345 e. The van der Waals surface area contributed by atoms with E-state index in [1.165, 1.54) is 0 Å². The molecule has 1 aromatic heterocycles. The third-order valence-electron chi connectivity index (χ3n) is 2.67. The Morgan fingerprint density at radius 2 is 1.95 bits per heavy atom. The number of aromatic amines is 1. The standard InChI is InChI=1S/C11H11N5O2S/c12-10-9-11(16-19(17,18)15-10)14-8(13-9)6-7-4-2-1-3-5-7/h1-5,16H,6H2,(H2,12,15)(H,13,14). The van der Waals surface area contributed by atoms with E-state index in [-0.39, 0.29) is 11.7 Å². The van der Waals surface area contributed by atoms with Crippen LogP contribution in [-0.2, 0) is 16.6 Å². The van der Waals surface area contributed by atoms with Crippen molar-refractivity contribution in [3.8, 4) is 0 Å². The molecule has 19 heavy (non-hydrogen) atoms. The molecule has 2 aromatic rings. The lowest BCUT2D eigenvalue weighted by atomic mass is 10.1. The quantitative estimate of drug-likeness (QED) is 0.736. The Morgan fingerprint density at radius 1 is 1.21 bits per heavy atom. The van der Waals surface area contributed by atoms with Crippen molar-refractivity contribution in [1.82, 2.24) is 9.97 Å². The molecule has 2 heterocycles. The van der Waals surface area contributed by atoms with Gasteiger partial charge < -0.3 is 10.7 Å². The molecule has 7 nitrogen and oxygen atoms in total. The Labute approximate surface area is 109 Å². The Hall–Kier alpha value is -2.35. The normalized spacial score (nSPS) is 16.3. The highest BCUT2D eigenvalue weighted by molar-refractivity contribution is 7.91. The monoisotopic (exact) mass is 277 g/mol. The molecule has 0 radical (unpaired) electrons. The fourth-order valence-corrected chi connectivity index (χ4v) is 2.66. The van der Waals surface area contributed by atoms with Crippen LogP contribution in [0.25, 0.3) is 0 Å². The lowest BCUT2D eigenvalue weighted by Gasteiger charge is -2.08. The molecule has 8 heteroatoms. The van der Waals surface area contributed by atoms with E-state index >= 15 is 0 Å². The van der Waals surface area contributed by atoms with Gasteiger partial charge in [-0.1, -0.05) is 30.3 Å². The number of aromatic nitrogens is 2. The molecule has 0 bridgehead atoms. The number of imidazole rings is 1. The average Bonchev–Trinajstić information content (AvgIpc) is 2.71. The summed E-state index contributed by atoms with van der Waals surface area (Å²) in [5.41, 5.74) is 7.05. The van der Waals surface area contributed by atoms with Crippen LogP contribution in [0.15, 0.2) is 34.7 Å². The zero-order valence-corrected chi connectivity index (χ0v) is 10.6. The molecule has 0 saturated heterocycles. The second-order valence-corrected chi connectivity index (χ2v) is 5.46. The van der Waals surface area contributed by atoms with E-state index in [4.69, 9.17) is 5.73 Å². The number of rotatable bonds is 2. The van der Waals surface area contributed by atoms with Gasteiger partial charge in [0, 0.05) is 6.42 Å². The van der Waals surface area contributed by atoms with Crippen molar-refractivity contribution < 1.29 is 8.42 Å². The van der Waals surface area contributed by atoms with Crippen molar-refractivity contribution in [1.29, 1.82) is 0 Å². The number of amidine groups is 1. The van der Waals surface area contributed by atoms with E-state index in [0.717, 1.165) is 5.56 Å². The number of H-pyrrole nitrogens is 1. The summed E-state index contributed by atoms with van der Waals surface area (Å²) < 4.78 is 28.3. The van der Waals surface area contributed by atoms with Gasteiger partial charge in [-0.2, -0.15) is 8.42 Å². The van der Waals surface area contributed by atoms with E-state index in [2.05, 4.69) is 19.1 Å². The fraction of sp³-hybridized carbons (Fsp3) is 0.0909. The number of nitrogens with two attached hydrogens (primary N) is 1. The number of anilines is 1. The minimum Gasteiger partial charge on any atom is -0.381 e. The summed E-state index contributed by atoms with van der Waals surface area (Å²) in [6.07, 6.45) is 0.558. The summed E-state index contributed by atoms with van der Waals surface area (Å²) in [4.78, 5) is 7.16. The molecule has 4 N–H and O–H groups in total. The summed E-state index contributed by atoms with van der Waals surface area (Å²) >= 11 is 0. The zero-order chi connectivity index (χ0) is 13.5. The first-order chi connectivity index (χ1) is 9.03. The summed E-state index contributed by atoms with van der Waals surface area (Å²) in [5.74, 6) is 0.734. The molecule has 3 rings (SSSR count). The third-order valence-corrected chi connectivity index (χ3v) is 3.56. The maximum atomic E-state index is 11.4. The minimum absolute atomic E-state index is 0.0828. The molecule has 0 spiro atoms. The van der Waals surface area contributed by atoms with Crippen LogP contribution >= 0.6 is 0 Å². The number of hydrogen-bond donors (Lipinski definition) is 3. The largest absolute Gasteiger partial charge is 0.381 e. The van der Waals surface area contributed by atoms with Gasteiger partial charge in [0.1, 0.15) is 11.5 Å². The molecule has 1 aliphatic heterocycles.